The largest absolute Gasteiger partial charge is 0.461 e. The summed E-state index contributed by atoms with van der Waals surface area (Å²) in [6, 6.07) is -1.88. The first-order valence-corrected chi connectivity index (χ1v) is 6.74. The second-order valence-corrected chi connectivity index (χ2v) is 5.46. The number of carbonyl (C=O) groups is 2. The van der Waals surface area contributed by atoms with E-state index >= 15 is 0 Å². The first-order chi connectivity index (χ1) is 9.18. The highest BCUT2D eigenvalue weighted by Crippen LogP contribution is 2.11. The molecule has 0 aromatic rings. The highest BCUT2D eigenvalue weighted by Gasteiger charge is 2.31. The van der Waals surface area contributed by atoms with Crippen molar-refractivity contribution < 1.29 is 24.5 Å². The van der Waals surface area contributed by atoms with Gasteiger partial charge in [-0.15, -0.1) is 12.4 Å². The Balaban J connectivity index is 0. The average molecular weight is 327 g/mol. The van der Waals surface area contributed by atoms with Gasteiger partial charge in [0.05, 0.1) is 18.8 Å². The zero-order valence-corrected chi connectivity index (χ0v) is 13.7. The summed E-state index contributed by atoms with van der Waals surface area (Å²) in [6.45, 7) is 6.62. The van der Waals surface area contributed by atoms with Gasteiger partial charge in [0.15, 0.2) is 6.10 Å². The molecule has 0 aliphatic heterocycles. The molecule has 21 heavy (non-hydrogen) atoms. The second kappa shape index (κ2) is 10.8. The molecular formula is C13H27ClN2O5. The van der Waals surface area contributed by atoms with Gasteiger partial charge in [-0.3, -0.25) is 4.79 Å². The summed E-state index contributed by atoms with van der Waals surface area (Å²) in [5.74, 6) is -1.26. The molecule has 126 valence electrons. The third kappa shape index (κ3) is 8.87. The van der Waals surface area contributed by atoms with Gasteiger partial charge in [0.2, 0.25) is 5.91 Å². The maximum atomic E-state index is 11.7. The molecule has 1 amide bonds. The lowest BCUT2D eigenvalue weighted by atomic mass is 9.98. The van der Waals surface area contributed by atoms with Gasteiger partial charge in [-0.05, 0) is 26.2 Å². The van der Waals surface area contributed by atoms with Gasteiger partial charge in [0, 0.05) is 0 Å². The van der Waals surface area contributed by atoms with E-state index in [1.54, 1.807) is 13.8 Å². The number of amides is 1. The number of aliphatic hydroxyl groups is 2. The minimum absolute atomic E-state index is 0. The predicted molar refractivity (Wildman–Crippen MR) is 80.9 cm³/mol. The molecule has 8 heteroatoms. The summed E-state index contributed by atoms with van der Waals surface area (Å²) in [4.78, 5) is 23.3. The van der Waals surface area contributed by atoms with Crippen LogP contribution in [-0.2, 0) is 14.3 Å². The minimum Gasteiger partial charge on any atom is -0.461 e. The lowest BCUT2D eigenvalue weighted by Crippen LogP contribution is -2.53. The molecular weight excluding hydrogens is 300 g/mol. The van der Waals surface area contributed by atoms with Crippen LogP contribution in [0.5, 0.6) is 0 Å². The maximum Gasteiger partial charge on any atom is 0.337 e. The van der Waals surface area contributed by atoms with Gasteiger partial charge in [-0.2, -0.15) is 0 Å². The third-order valence-corrected chi connectivity index (χ3v) is 2.56. The van der Waals surface area contributed by atoms with E-state index in [9.17, 15) is 14.7 Å². The van der Waals surface area contributed by atoms with Crippen molar-refractivity contribution in [3.8, 4) is 0 Å². The summed E-state index contributed by atoms with van der Waals surface area (Å²) in [6.07, 6.45) is -1.43. The topological polar surface area (TPSA) is 122 Å². The minimum atomic E-state index is -1.46. The fourth-order valence-electron chi connectivity index (χ4n) is 1.61. The molecule has 0 heterocycles. The number of nitrogens with one attached hydrogen (secondary N) is 1. The Labute approximate surface area is 131 Å². The number of aliphatic hydroxyl groups excluding tert-OH is 2. The Kier molecular flexibility index (Phi) is 11.5. The summed E-state index contributed by atoms with van der Waals surface area (Å²) >= 11 is 0. The van der Waals surface area contributed by atoms with Gasteiger partial charge in [0.25, 0.3) is 0 Å². The van der Waals surface area contributed by atoms with Crippen LogP contribution >= 0.6 is 12.4 Å². The van der Waals surface area contributed by atoms with Crippen molar-refractivity contribution in [2.24, 2.45) is 11.7 Å². The third-order valence-electron chi connectivity index (χ3n) is 2.56. The smallest absolute Gasteiger partial charge is 0.337 e. The molecule has 0 fully saturated rings. The molecule has 0 aliphatic rings. The van der Waals surface area contributed by atoms with Gasteiger partial charge < -0.3 is 26.0 Å². The maximum absolute atomic E-state index is 11.7. The summed E-state index contributed by atoms with van der Waals surface area (Å²) < 4.78 is 4.92. The van der Waals surface area contributed by atoms with Gasteiger partial charge >= 0.3 is 5.97 Å². The number of hydrogen-bond acceptors (Lipinski definition) is 6. The van der Waals surface area contributed by atoms with Crippen LogP contribution < -0.4 is 11.1 Å². The summed E-state index contributed by atoms with van der Waals surface area (Å²) in [7, 11) is 0. The molecule has 1 unspecified atom stereocenters. The van der Waals surface area contributed by atoms with Crippen LogP contribution in [0.15, 0.2) is 0 Å². The molecule has 3 atom stereocenters. The Morgan fingerprint density at radius 3 is 2.14 bits per heavy atom. The number of halogens is 1. The molecule has 0 aliphatic carbocycles. The van der Waals surface area contributed by atoms with E-state index in [0.717, 1.165) is 0 Å². The lowest BCUT2D eigenvalue weighted by molar-refractivity contribution is -0.159. The van der Waals surface area contributed by atoms with E-state index in [-0.39, 0.29) is 24.4 Å². The van der Waals surface area contributed by atoms with Crippen molar-refractivity contribution >= 4 is 24.3 Å². The zero-order valence-electron chi connectivity index (χ0n) is 12.9. The van der Waals surface area contributed by atoms with Gasteiger partial charge in [-0.1, -0.05) is 13.8 Å². The van der Waals surface area contributed by atoms with Gasteiger partial charge in [0.1, 0.15) is 6.04 Å². The Bertz CT molecular complexity index is 326. The monoisotopic (exact) mass is 326 g/mol. The van der Waals surface area contributed by atoms with Crippen molar-refractivity contribution in [3.05, 3.63) is 0 Å². The van der Waals surface area contributed by atoms with Crippen molar-refractivity contribution in [1.82, 2.24) is 5.32 Å². The van der Waals surface area contributed by atoms with Crippen molar-refractivity contribution in [3.63, 3.8) is 0 Å². The van der Waals surface area contributed by atoms with E-state index in [2.05, 4.69) is 5.32 Å². The van der Waals surface area contributed by atoms with Crippen molar-refractivity contribution in [1.29, 1.82) is 0 Å². The molecule has 0 aromatic heterocycles. The molecule has 0 rings (SSSR count). The van der Waals surface area contributed by atoms with Crippen LogP contribution in [0.4, 0.5) is 0 Å². The van der Waals surface area contributed by atoms with Crippen molar-refractivity contribution in [2.45, 2.75) is 58.4 Å². The Hall–Kier alpha value is -0.890. The van der Waals surface area contributed by atoms with Gasteiger partial charge in [-0.25, -0.2) is 4.79 Å². The highest BCUT2D eigenvalue weighted by atomic mass is 35.5. The zero-order chi connectivity index (χ0) is 15.9. The first kappa shape index (κ1) is 22.4. The molecule has 0 saturated heterocycles. The van der Waals surface area contributed by atoms with Crippen LogP contribution in [0.25, 0.3) is 0 Å². The molecule has 0 saturated carbocycles. The SMILES string of the molecule is CC(C)C[C@H](NC(=O)[C@@H](N)CO)C(O)C(=O)OC(C)C.Cl. The van der Waals surface area contributed by atoms with E-state index in [1.807, 2.05) is 13.8 Å². The van der Waals surface area contributed by atoms with Crippen LogP contribution in [0, 0.1) is 5.92 Å². The number of hydrogen-bond donors (Lipinski definition) is 4. The fraction of sp³-hybridized carbons (Fsp3) is 0.846. The number of nitrogens with two attached hydrogens (primary N) is 1. The first-order valence-electron chi connectivity index (χ1n) is 6.74. The molecule has 0 aromatic carbocycles. The average Bonchev–Trinajstić information content (AvgIpc) is 2.34. The van der Waals surface area contributed by atoms with Crippen LogP contribution in [0.2, 0.25) is 0 Å². The normalized spacial score (nSPS) is 15.1. The summed E-state index contributed by atoms with van der Waals surface area (Å²) in [5, 5.41) is 21.3. The number of rotatable bonds is 8. The number of esters is 1. The predicted octanol–water partition coefficient (Wildman–Crippen LogP) is -0.429. The molecule has 7 nitrogen and oxygen atoms in total. The molecule has 0 bridgehead atoms. The van der Waals surface area contributed by atoms with Crippen LogP contribution in [-0.4, -0.2) is 53.0 Å². The van der Waals surface area contributed by atoms with Crippen LogP contribution in [0.1, 0.15) is 34.1 Å². The number of ether oxygens (including phenoxy) is 1. The molecule has 0 spiro atoms. The fourth-order valence-corrected chi connectivity index (χ4v) is 1.61. The van der Waals surface area contributed by atoms with E-state index in [1.165, 1.54) is 0 Å². The molecule has 0 radical (unpaired) electrons. The van der Waals surface area contributed by atoms with Crippen LogP contribution in [0.3, 0.4) is 0 Å². The Morgan fingerprint density at radius 2 is 1.76 bits per heavy atom. The second-order valence-electron chi connectivity index (χ2n) is 5.46. The van der Waals surface area contributed by atoms with E-state index in [0.29, 0.717) is 6.42 Å². The molecule has 5 N–H and O–H groups in total. The standard InChI is InChI=1S/C13H26N2O5.ClH/c1-7(2)5-10(15-12(18)9(14)6-16)11(17)13(19)20-8(3)4;/h7-11,16-17H,5-6,14H2,1-4H3,(H,15,18);1H/t9-,10-,11?;/m0./s1. The quantitative estimate of drug-likeness (QED) is 0.449. The summed E-state index contributed by atoms with van der Waals surface area (Å²) in [5.41, 5.74) is 5.39. The number of carbonyl (C=O) groups excluding carboxylic acids is 2. The van der Waals surface area contributed by atoms with E-state index < -0.39 is 36.7 Å². The highest BCUT2D eigenvalue weighted by molar-refractivity contribution is 5.85. The van der Waals surface area contributed by atoms with Crippen molar-refractivity contribution in [2.75, 3.05) is 6.61 Å². The lowest BCUT2D eigenvalue weighted by Gasteiger charge is -2.26. The van der Waals surface area contributed by atoms with E-state index in [4.69, 9.17) is 15.6 Å². The Morgan fingerprint density at radius 1 is 1.24 bits per heavy atom.